The second-order valence-electron chi connectivity index (χ2n) is 5.97. The molecule has 0 saturated carbocycles. The quantitative estimate of drug-likeness (QED) is 0.272. The van der Waals surface area contributed by atoms with E-state index in [0.717, 1.165) is 0 Å². The SMILES string of the molecule is COc1cc([C@@H](O)[C@H](O)CO[C@H]2O[C@H](CO)[C@@H](O)[C@H](O)[C@H]2O)ccc1O. The van der Waals surface area contributed by atoms with Gasteiger partial charge in [0.1, 0.15) is 36.6 Å². The second kappa shape index (κ2) is 8.93. The highest BCUT2D eigenvalue weighted by molar-refractivity contribution is 5.42. The Kier molecular flexibility index (Phi) is 7.15. The number of aliphatic hydroxyl groups is 6. The highest BCUT2D eigenvalue weighted by atomic mass is 16.7. The fourth-order valence-corrected chi connectivity index (χ4v) is 2.59. The topological polar surface area (TPSA) is 169 Å². The molecule has 10 heteroatoms. The van der Waals surface area contributed by atoms with Gasteiger partial charge in [-0.05, 0) is 17.7 Å². The van der Waals surface area contributed by atoms with Gasteiger partial charge in [0.2, 0.25) is 0 Å². The number of benzene rings is 1. The molecule has 0 spiro atoms. The fraction of sp³-hybridized carbons (Fsp3) is 0.625. The number of methoxy groups -OCH3 is 1. The number of rotatable bonds is 7. The van der Waals surface area contributed by atoms with Crippen molar-refractivity contribution in [2.45, 2.75) is 42.9 Å². The Balaban J connectivity index is 1.97. The molecule has 1 fully saturated rings. The van der Waals surface area contributed by atoms with Gasteiger partial charge in [-0.3, -0.25) is 0 Å². The van der Waals surface area contributed by atoms with E-state index in [9.17, 15) is 30.6 Å². The highest BCUT2D eigenvalue weighted by Gasteiger charge is 2.44. The molecular formula is C16H24O10. The third-order valence-electron chi connectivity index (χ3n) is 4.19. The molecule has 1 aliphatic heterocycles. The van der Waals surface area contributed by atoms with Gasteiger partial charge in [-0.2, -0.15) is 0 Å². The molecule has 7 atom stereocenters. The minimum atomic E-state index is -1.61. The van der Waals surface area contributed by atoms with Gasteiger partial charge in [-0.1, -0.05) is 6.07 Å². The molecule has 10 nitrogen and oxygen atoms in total. The lowest BCUT2D eigenvalue weighted by Gasteiger charge is -2.39. The van der Waals surface area contributed by atoms with Crippen LogP contribution in [-0.4, -0.2) is 92.9 Å². The first-order valence-corrected chi connectivity index (χ1v) is 7.95. The average molecular weight is 376 g/mol. The Bertz CT molecular complexity index is 580. The third-order valence-corrected chi connectivity index (χ3v) is 4.19. The summed E-state index contributed by atoms with van der Waals surface area (Å²) >= 11 is 0. The molecule has 0 aliphatic carbocycles. The summed E-state index contributed by atoms with van der Waals surface area (Å²) in [5.74, 6) is -0.0147. The lowest BCUT2D eigenvalue weighted by molar-refractivity contribution is -0.306. The molecule has 0 radical (unpaired) electrons. The number of hydrogen-bond donors (Lipinski definition) is 7. The van der Waals surface area contributed by atoms with Crippen molar-refractivity contribution in [1.82, 2.24) is 0 Å². The van der Waals surface area contributed by atoms with Gasteiger partial charge in [0, 0.05) is 0 Å². The zero-order valence-electron chi connectivity index (χ0n) is 14.0. The van der Waals surface area contributed by atoms with E-state index in [4.69, 9.17) is 19.3 Å². The zero-order valence-corrected chi connectivity index (χ0v) is 14.0. The molecule has 1 heterocycles. The van der Waals surface area contributed by atoms with Crippen LogP contribution in [0, 0.1) is 0 Å². The number of aromatic hydroxyl groups is 1. The summed E-state index contributed by atoms with van der Waals surface area (Å²) in [6.45, 7) is -1.09. The van der Waals surface area contributed by atoms with Crippen LogP contribution in [0.4, 0.5) is 0 Å². The zero-order chi connectivity index (χ0) is 19.4. The number of hydrogen-bond acceptors (Lipinski definition) is 10. The number of ether oxygens (including phenoxy) is 3. The highest BCUT2D eigenvalue weighted by Crippen LogP contribution is 2.30. The van der Waals surface area contributed by atoms with E-state index >= 15 is 0 Å². The molecule has 2 rings (SSSR count). The van der Waals surface area contributed by atoms with Gasteiger partial charge < -0.3 is 50.0 Å². The predicted molar refractivity (Wildman–Crippen MR) is 85.3 cm³/mol. The number of phenolic OH excluding ortho intramolecular Hbond substituents is 1. The maximum atomic E-state index is 10.2. The van der Waals surface area contributed by atoms with Crippen molar-refractivity contribution in [3.8, 4) is 11.5 Å². The van der Waals surface area contributed by atoms with E-state index in [2.05, 4.69) is 0 Å². The monoisotopic (exact) mass is 376 g/mol. The summed E-state index contributed by atoms with van der Waals surface area (Å²) in [5, 5.41) is 68.2. The molecule has 1 aromatic rings. The molecule has 0 unspecified atom stereocenters. The molecule has 0 bridgehead atoms. The molecule has 0 amide bonds. The molecule has 148 valence electrons. The predicted octanol–water partition coefficient (Wildman–Crippen LogP) is -2.39. The molecular weight excluding hydrogens is 352 g/mol. The fourth-order valence-electron chi connectivity index (χ4n) is 2.59. The summed E-state index contributed by atoms with van der Waals surface area (Å²) in [4.78, 5) is 0. The molecule has 1 aromatic carbocycles. The number of phenols is 1. The molecule has 26 heavy (non-hydrogen) atoms. The van der Waals surface area contributed by atoms with Gasteiger partial charge in [-0.25, -0.2) is 0 Å². The lowest BCUT2D eigenvalue weighted by Crippen LogP contribution is -2.59. The Morgan fingerprint density at radius 1 is 1.12 bits per heavy atom. The molecule has 1 aliphatic rings. The van der Waals surface area contributed by atoms with Crippen molar-refractivity contribution in [3.63, 3.8) is 0 Å². The molecule has 0 aromatic heterocycles. The van der Waals surface area contributed by atoms with Gasteiger partial charge >= 0.3 is 0 Å². The molecule has 1 saturated heterocycles. The van der Waals surface area contributed by atoms with E-state index in [1.807, 2.05) is 0 Å². The van der Waals surface area contributed by atoms with Crippen LogP contribution in [0.15, 0.2) is 18.2 Å². The van der Waals surface area contributed by atoms with Gasteiger partial charge in [0.15, 0.2) is 17.8 Å². The van der Waals surface area contributed by atoms with Crippen molar-refractivity contribution in [2.75, 3.05) is 20.3 Å². The van der Waals surface area contributed by atoms with Crippen LogP contribution in [0.25, 0.3) is 0 Å². The van der Waals surface area contributed by atoms with Crippen LogP contribution in [0.3, 0.4) is 0 Å². The van der Waals surface area contributed by atoms with Gasteiger partial charge in [0.25, 0.3) is 0 Å². The van der Waals surface area contributed by atoms with Crippen LogP contribution in [0.2, 0.25) is 0 Å². The van der Waals surface area contributed by atoms with Crippen LogP contribution < -0.4 is 4.74 Å². The van der Waals surface area contributed by atoms with Crippen molar-refractivity contribution >= 4 is 0 Å². The standard InChI is InChI=1S/C16H24O10/c1-24-10-4-7(2-3-8(10)18)12(20)9(19)6-25-16-15(23)14(22)13(21)11(5-17)26-16/h2-4,9,11-23H,5-6H2,1H3/t9-,11-,12-,13-,14+,15-,16+/m1/s1. The van der Waals surface area contributed by atoms with Gasteiger partial charge in [-0.15, -0.1) is 0 Å². The normalized spacial score (nSPS) is 31.4. The van der Waals surface area contributed by atoms with E-state index in [1.54, 1.807) is 0 Å². The van der Waals surface area contributed by atoms with Crippen LogP contribution in [0.1, 0.15) is 11.7 Å². The first kappa shape index (κ1) is 20.8. The van der Waals surface area contributed by atoms with E-state index in [-0.39, 0.29) is 17.1 Å². The second-order valence-corrected chi connectivity index (χ2v) is 5.97. The maximum absolute atomic E-state index is 10.2. The summed E-state index contributed by atoms with van der Waals surface area (Å²) < 4.78 is 15.3. The number of aliphatic hydroxyl groups excluding tert-OH is 6. The Morgan fingerprint density at radius 3 is 2.42 bits per heavy atom. The van der Waals surface area contributed by atoms with Crippen molar-refractivity contribution in [3.05, 3.63) is 23.8 Å². The maximum Gasteiger partial charge on any atom is 0.186 e. The lowest BCUT2D eigenvalue weighted by atomic mass is 9.99. The molecule has 7 N–H and O–H groups in total. The first-order valence-electron chi connectivity index (χ1n) is 7.95. The summed E-state index contributed by atoms with van der Waals surface area (Å²) in [7, 11) is 1.34. The van der Waals surface area contributed by atoms with Crippen LogP contribution in [-0.2, 0) is 9.47 Å². The summed E-state index contributed by atoms with van der Waals surface area (Å²) in [6, 6.07) is 4.03. The Hall–Kier alpha value is -1.50. The summed E-state index contributed by atoms with van der Waals surface area (Å²) in [6.07, 6.45) is -10.1. The van der Waals surface area contributed by atoms with Crippen molar-refractivity contribution in [2.24, 2.45) is 0 Å². The minimum Gasteiger partial charge on any atom is -0.504 e. The largest absolute Gasteiger partial charge is 0.504 e. The summed E-state index contributed by atoms with van der Waals surface area (Å²) in [5.41, 5.74) is 0.254. The average Bonchev–Trinajstić information content (AvgIpc) is 2.65. The first-order chi connectivity index (χ1) is 12.3. The Labute approximate surface area is 149 Å². The van der Waals surface area contributed by atoms with Crippen LogP contribution >= 0.6 is 0 Å². The van der Waals surface area contributed by atoms with Crippen molar-refractivity contribution < 1.29 is 50.0 Å². The minimum absolute atomic E-state index is 0.114. The van der Waals surface area contributed by atoms with E-state index in [0.29, 0.717) is 0 Å². The Morgan fingerprint density at radius 2 is 1.81 bits per heavy atom. The van der Waals surface area contributed by atoms with Gasteiger partial charge in [0.05, 0.1) is 20.3 Å². The van der Waals surface area contributed by atoms with E-state index in [1.165, 1.54) is 25.3 Å². The third kappa shape index (κ3) is 4.42. The van der Waals surface area contributed by atoms with E-state index < -0.39 is 56.1 Å². The van der Waals surface area contributed by atoms with Crippen molar-refractivity contribution in [1.29, 1.82) is 0 Å². The smallest absolute Gasteiger partial charge is 0.186 e. The van der Waals surface area contributed by atoms with Crippen LogP contribution in [0.5, 0.6) is 11.5 Å².